The van der Waals surface area contributed by atoms with Gasteiger partial charge >= 0.3 is 5.97 Å². The van der Waals surface area contributed by atoms with Crippen LogP contribution in [-0.2, 0) is 25.7 Å². The van der Waals surface area contributed by atoms with Gasteiger partial charge in [0.2, 0.25) is 0 Å². The molecule has 1 rings (SSSR count). The van der Waals surface area contributed by atoms with Crippen molar-refractivity contribution in [3.05, 3.63) is 48.0 Å². The molecule has 102 valence electrons. The van der Waals surface area contributed by atoms with Crippen molar-refractivity contribution >= 4 is 11.8 Å². The van der Waals surface area contributed by atoms with E-state index in [2.05, 4.69) is 0 Å². The third-order valence-electron chi connectivity index (χ3n) is 2.23. The molecule has 0 radical (unpaired) electrons. The van der Waals surface area contributed by atoms with Gasteiger partial charge in [0.15, 0.2) is 0 Å². The number of ketones is 1. The molecule has 0 aliphatic heterocycles. The monoisotopic (exact) mass is 262 g/mol. The van der Waals surface area contributed by atoms with Gasteiger partial charge < -0.3 is 9.47 Å². The molecule has 0 N–H and O–H groups in total. The average molecular weight is 262 g/mol. The minimum absolute atomic E-state index is 0.167. The predicted octanol–water partition coefficient (Wildman–Crippen LogP) is 2.28. The van der Waals surface area contributed by atoms with E-state index in [4.69, 9.17) is 9.47 Å². The van der Waals surface area contributed by atoms with Crippen molar-refractivity contribution in [2.24, 2.45) is 0 Å². The lowest BCUT2D eigenvalue weighted by Gasteiger charge is -2.01. The van der Waals surface area contributed by atoms with Gasteiger partial charge in [-0.3, -0.25) is 9.59 Å². The summed E-state index contributed by atoms with van der Waals surface area (Å²) in [5.74, 6) is -0.692. The highest BCUT2D eigenvalue weighted by molar-refractivity contribution is 5.94. The second-order valence-electron chi connectivity index (χ2n) is 4.03. The molecule has 0 unspecified atom stereocenters. The van der Waals surface area contributed by atoms with Crippen LogP contribution in [0.2, 0.25) is 0 Å². The molecule has 4 heteroatoms. The SMILES string of the molecule is CC(=O)CC(=O)OCC=CCOCc1ccccc1. The Morgan fingerprint density at radius 2 is 1.79 bits per heavy atom. The molecule has 0 aliphatic carbocycles. The Hall–Kier alpha value is -1.94. The van der Waals surface area contributed by atoms with Gasteiger partial charge in [-0.25, -0.2) is 0 Å². The van der Waals surface area contributed by atoms with Crippen molar-refractivity contribution in [3.8, 4) is 0 Å². The number of esters is 1. The molecule has 0 saturated carbocycles. The lowest BCUT2D eigenvalue weighted by Crippen LogP contribution is -2.08. The molecule has 0 fully saturated rings. The van der Waals surface area contributed by atoms with Gasteiger partial charge in [-0.05, 0) is 18.6 Å². The first-order valence-electron chi connectivity index (χ1n) is 6.10. The maximum absolute atomic E-state index is 11.0. The fraction of sp³-hybridized carbons (Fsp3) is 0.333. The first-order valence-corrected chi connectivity index (χ1v) is 6.10. The highest BCUT2D eigenvalue weighted by atomic mass is 16.5. The standard InChI is InChI=1S/C15H18O4/c1-13(16)11-15(17)19-10-6-5-9-18-12-14-7-3-2-4-8-14/h2-8H,9-12H2,1H3. The van der Waals surface area contributed by atoms with E-state index < -0.39 is 5.97 Å². The molecule has 0 aromatic heterocycles. The van der Waals surface area contributed by atoms with Crippen LogP contribution in [0, 0.1) is 0 Å². The van der Waals surface area contributed by atoms with Crippen molar-refractivity contribution in [2.45, 2.75) is 20.0 Å². The summed E-state index contributed by atoms with van der Waals surface area (Å²) >= 11 is 0. The molecule has 0 saturated heterocycles. The molecule has 1 aromatic rings. The number of ether oxygens (including phenoxy) is 2. The second kappa shape index (κ2) is 9.05. The van der Waals surface area contributed by atoms with Crippen LogP contribution in [0.5, 0.6) is 0 Å². The average Bonchev–Trinajstić information content (AvgIpc) is 2.38. The fourth-order valence-electron chi connectivity index (χ4n) is 1.35. The Morgan fingerprint density at radius 1 is 1.11 bits per heavy atom. The zero-order valence-electron chi connectivity index (χ0n) is 11.0. The summed E-state index contributed by atoms with van der Waals surface area (Å²) in [6.45, 7) is 2.53. The normalized spacial score (nSPS) is 10.6. The molecule has 0 heterocycles. The molecule has 0 aliphatic rings. The van der Waals surface area contributed by atoms with Gasteiger partial charge in [-0.15, -0.1) is 0 Å². The zero-order valence-corrected chi connectivity index (χ0v) is 11.0. The molecule has 0 bridgehead atoms. The number of carbonyl (C=O) groups is 2. The van der Waals surface area contributed by atoms with Crippen molar-refractivity contribution in [1.82, 2.24) is 0 Å². The van der Waals surface area contributed by atoms with E-state index >= 15 is 0 Å². The van der Waals surface area contributed by atoms with Gasteiger partial charge in [0, 0.05) is 0 Å². The maximum Gasteiger partial charge on any atom is 0.313 e. The largest absolute Gasteiger partial charge is 0.461 e. The van der Waals surface area contributed by atoms with Gasteiger partial charge in [0.25, 0.3) is 0 Å². The van der Waals surface area contributed by atoms with Crippen LogP contribution in [0.3, 0.4) is 0 Å². The molecule has 4 nitrogen and oxygen atoms in total. The first kappa shape index (κ1) is 15.1. The molecule has 0 amide bonds. The first-order chi connectivity index (χ1) is 9.18. The van der Waals surface area contributed by atoms with Gasteiger partial charge in [0.1, 0.15) is 18.8 Å². The second-order valence-corrected chi connectivity index (χ2v) is 4.03. The van der Waals surface area contributed by atoms with Crippen LogP contribution in [-0.4, -0.2) is 25.0 Å². The third-order valence-corrected chi connectivity index (χ3v) is 2.23. The Morgan fingerprint density at radius 3 is 2.47 bits per heavy atom. The number of benzene rings is 1. The molecular weight excluding hydrogens is 244 g/mol. The van der Waals surface area contributed by atoms with Crippen molar-refractivity contribution in [1.29, 1.82) is 0 Å². The minimum atomic E-state index is -0.498. The summed E-state index contributed by atoms with van der Waals surface area (Å²) in [5.41, 5.74) is 1.11. The van der Waals surface area contributed by atoms with Gasteiger partial charge in [0.05, 0.1) is 13.2 Å². The van der Waals surface area contributed by atoms with Gasteiger partial charge in [-0.2, -0.15) is 0 Å². The summed E-state index contributed by atoms with van der Waals surface area (Å²) in [7, 11) is 0. The smallest absolute Gasteiger partial charge is 0.313 e. The maximum atomic E-state index is 11.0. The van der Waals surface area contributed by atoms with Crippen molar-refractivity contribution < 1.29 is 19.1 Å². The lowest BCUT2D eigenvalue weighted by atomic mass is 10.2. The van der Waals surface area contributed by atoms with E-state index in [1.54, 1.807) is 12.2 Å². The van der Waals surface area contributed by atoms with Crippen LogP contribution in [0.25, 0.3) is 0 Å². The summed E-state index contributed by atoms with van der Waals surface area (Å²) < 4.78 is 10.2. The van der Waals surface area contributed by atoms with E-state index in [1.165, 1.54) is 6.92 Å². The number of hydrogen-bond donors (Lipinski definition) is 0. The van der Waals surface area contributed by atoms with Crippen LogP contribution in [0.15, 0.2) is 42.5 Å². The van der Waals surface area contributed by atoms with E-state index in [1.807, 2.05) is 30.3 Å². The van der Waals surface area contributed by atoms with E-state index in [0.29, 0.717) is 13.2 Å². The van der Waals surface area contributed by atoms with Crippen LogP contribution in [0.1, 0.15) is 18.9 Å². The molecular formula is C15H18O4. The van der Waals surface area contributed by atoms with Crippen LogP contribution < -0.4 is 0 Å². The highest BCUT2D eigenvalue weighted by Crippen LogP contribution is 2.00. The Labute approximate surface area is 113 Å². The molecule has 1 aromatic carbocycles. The molecule has 0 atom stereocenters. The minimum Gasteiger partial charge on any atom is -0.461 e. The molecule has 0 spiro atoms. The zero-order chi connectivity index (χ0) is 13.9. The molecule has 19 heavy (non-hydrogen) atoms. The summed E-state index contributed by atoms with van der Waals surface area (Å²) in [6, 6.07) is 9.87. The van der Waals surface area contributed by atoms with E-state index in [0.717, 1.165) is 5.56 Å². The summed E-state index contributed by atoms with van der Waals surface area (Å²) in [6.07, 6.45) is 3.31. The lowest BCUT2D eigenvalue weighted by molar-refractivity contribution is -0.144. The number of rotatable bonds is 8. The topological polar surface area (TPSA) is 52.6 Å². The van der Waals surface area contributed by atoms with Crippen LogP contribution >= 0.6 is 0 Å². The summed E-state index contributed by atoms with van der Waals surface area (Å²) in [5, 5.41) is 0. The fourth-order valence-corrected chi connectivity index (χ4v) is 1.35. The summed E-state index contributed by atoms with van der Waals surface area (Å²) in [4.78, 5) is 21.6. The third kappa shape index (κ3) is 7.89. The Bertz CT molecular complexity index is 423. The highest BCUT2D eigenvalue weighted by Gasteiger charge is 2.04. The van der Waals surface area contributed by atoms with Crippen molar-refractivity contribution in [2.75, 3.05) is 13.2 Å². The van der Waals surface area contributed by atoms with Crippen LogP contribution in [0.4, 0.5) is 0 Å². The van der Waals surface area contributed by atoms with Crippen molar-refractivity contribution in [3.63, 3.8) is 0 Å². The predicted molar refractivity (Wildman–Crippen MR) is 71.5 cm³/mol. The number of carbonyl (C=O) groups excluding carboxylic acids is 2. The quantitative estimate of drug-likeness (QED) is 0.312. The van der Waals surface area contributed by atoms with Gasteiger partial charge in [-0.1, -0.05) is 36.4 Å². The Balaban J connectivity index is 2.05. The number of Topliss-reactive ketones (excluding diaryl/α,β-unsaturated/α-hetero) is 1. The number of hydrogen-bond acceptors (Lipinski definition) is 4. The Kier molecular flexibility index (Phi) is 7.20. The van der Waals surface area contributed by atoms with E-state index in [9.17, 15) is 9.59 Å². The van der Waals surface area contributed by atoms with E-state index in [-0.39, 0.29) is 18.8 Å².